The van der Waals surface area contributed by atoms with Gasteiger partial charge in [0.25, 0.3) is 0 Å². The zero-order chi connectivity index (χ0) is 13.8. The van der Waals surface area contributed by atoms with Crippen molar-refractivity contribution >= 4 is 21.8 Å². The van der Waals surface area contributed by atoms with Crippen molar-refractivity contribution in [1.82, 2.24) is 0 Å². The number of nitrogens with two attached hydrogens (primary N) is 1. The van der Waals surface area contributed by atoms with Gasteiger partial charge in [-0.1, -0.05) is 35.8 Å². The zero-order valence-electron chi connectivity index (χ0n) is 11.2. The van der Waals surface area contributed by atoms with E-state index in [9.17, 15) is 0 Å². The molecule has 4 heteroatoms. The van der Waals surface area contributed by atoms with Gasteiger partial charge in [0.2, 0.25) is 0 Å². The van der Waals surface area contributed by atoms with Crippen molar-refractivity contribution in [3.05, 3.63) is 28.2 Å². The lowest BCUT2D eigenvalue weighted by Gasteiger charge is -2.22. The molecule has 18 heavy (non-hydrogen) atoms. The smallest absolute Gasteiger partial charge is 0.123 e. The number of rotatable bonds is 6. The second kappa shape index (κ2) is 6.23. The number of benzene rings is 1. The molecule has 0 heterocycles. The van der Waals surface area contributed by atoms with Crippen LogP contribution in [0.4, 0.5) is 0 Å². The molecule has 0 aliphatic rings. The second-order valence-corrected chi connectivity index (χ2v) is 6.08. The molecule has 0 saturated carbocycles. The highest BCUT2D eigenvalue weighted by Crippen LogP contribution is 2.25. The van der Waals surface area contributed by atoms with Crippen LogP contribution in [0, 0.1) is 17.7 Å². The standard InChI is InChI=1S/C14H21BrN2O/c1-10-5-6-11(15)9-12(10)18-8-4-7-14(2,3)13(16)17/h5-6,9H,4,7-8H2,1-3H3,(H3,16,17). The predicted molar refractivity (Wildman–Crippen MR) is 79.3 cm³/mol. The summed E-state index contributed by atoms with van der Waals surface area (Å²) < 4.78 is 6.77. The first-order valence-electron chi connectivity index (χ1n) is 6.06. The molecule has 0 spiro atoms. The van der Waals surface area contributed by atoms with Gasteiger partial charge in [0.1, 0.15) is 5.75 Å². The van der Waals surface area contributed by atoms with Gasteiger partial charge in [0, 0.05) is 9.89 Å². The molecule has 0 fully saturated rings. The summed E-state index contributed by atoms with van der Waals surface area (Å²) in [7, 11) is 0. The molecule has 1 aromatic rings. The molecule has 0 bridgehead atoms. The van der Waals surface area contributed by atoms with E-state index < -0.39 is 0 Å². The third-order valence-corrected chi connectivity index (χ3v) is 3.58. The molecule has 1 aromatic carbocycles. The van der Waals surface area contributed by atoms with Crippen LogP contribution in [0.3, 0.4) is 0 Å². The van der Waals surface area contributed by atoms with Crippen molar-refractivity contribution in [2.24, 2.45) is 11.1 Å². The fourth-order valence-electron chi connectivity index (χ4n) is 1.56. The minimum absolute atomic E-state index is 0.237. The first-order valence-corrected chi connectivity index (χ1v) is 6.86. The van der Waals surface area contributed by atoms with E-state index >= 15 is 0 Å². The molecule has 0 saturated heterocycles. The number of nitrogens with one attached hydrogen (secondary N) is 1. The normalized spacial score (nSPS) is 11.3. The zero-order valence-corrected chi connectivity index (χ0v) is 12.8. The Kier molecular flexibility index (Phi) is 5.20. The van der Waals surface area contributed by atoms with Crippen LogP contribution in [0.5, 0.6) is 5.75 Å². The van der Waals surface area contributed by atoms with Gasteiger partial charge in [-0.25, -0.2) is 0 Å². The third-order valence-electron chi connectivity index (χ3n) is 3.08. The van der Waals surface area contributed by atoms with Gasteiger partial charge in [-0.05, 0) is 37.5 Å². The first kappa shape index (κ1) is 15.0. The molecule has 0 unspecified atom stereocenters. The van der Waals surface area contributed by atoms with E-state index in [0.29, 0.717) is 6.61 Å². The molecule has 3 N–H and O–H groups in total. The van der Waals surface area contributed by atoms with Gasteiger partial charge in [-0.15, -0.1) is 0 Å². The van der Waals surface area contributed by atoms with Crippen molar-refractivity contribution in [2.45, 2.75) is 33.6 Å². The van der Waals surface area contributed by atoms with Crippen molar-refractivity contribution in [3.8, 4) is 5.75 Å². The number of hydrogen-bond acceptors (Lipinski definition) is 2. The minimum Gasteiger partial charge on any atom is -0.493 e. The molecule has 0 aliphatic heterocycles. The molecule has 0 radical (unpaired) electrons. The fourth-order valence-corrected chi connectivity index (χ4v) is 1.90. The molecular weight excluding hydrogens is 292 g/mol. The van der Waals surface area contributed by atoms with Gasteiger partial charge >= 0.3 is 0 Å². The van der Waals surface area contributed by atoms with Gasteiger partial charge in [-0.3, -0.25) is 5.41 Å². The largest absolute Gasteiger partial charge is 0.493 e. The second-order valence-electron chi connectivity index (χ2n) is 5.16. The Balaban J connectivity index is 2.43. The maximum Gasteiger partial charge on any atom is 0.123 e. The van der Waals surface area contributed by atoms with Crippen molar-refractivity contribution < 1.29 is 4.74 Å². The minimum atomic E-state index is -0.240. The highest BCUT2D eigenvalue weighted by atomic mass is 79.9. The van der Waals surface area contributed by atoms with Crippen LogP contribution >= 0.6 is 15.9 Å². The van der Waals surface area contributed by atoms with E-state index in [1.807, 2.05) is 39.0 Å². The Labute approximate surface area is 117 Å². The van der Waals surface area contributed by atoms with Gasteiger partial charge in [0.05, 0.1) is 12.4 Å². The van der Waals surface area contributed by atoms with Crippen molar-refractivity contribution in [3.63, 3.8) is 0 Å². The fraction of sp³-hybridized carbons (Fsp3) is 0.500. The molecule has 0 aromatic heterocycles. The third kappa shape index (κ3) is 4.33. The van der Waals surface area contributed by atoms with Crippen LogP contribution in [0.1, 0.15) is 32.3 Å². The summed E-state index contributed by atoms with van der Waals surface area (Å²) in [5, 5.41) is 7.49. The summed E-state index contributed by atoms with van der Waals surface area (Å²) in [6.45, 7) is 6.65. The van der Waals surface area contributed by atoms with Gasteiger partial charge in [-0.2, -0.15) is 0 Å². The summed E-state index contributed by atoms with van der Waals surface area (Å²) in [4.78, 5) is 0. The van der Waals surface area contributed by atoms with Crippen LogP contribution in [0.15, 0.2) is 22.7 Å². The lowest BCUT2D eigenvalue weighted by molar-refractivity contribution is 0.285. The molecule has 1 rings (SSSR count). The Hall–Kier alpha value is -1.03. The Morgan fingerprint density at radius 1 is 1.44 bits per heavy atom. The SMILES string of the molecule is Cc1ccc(Br)cc1OCCCC(C)(C)C(=N)N. The van der Waals surface area contributed by atoms with E-state index in [1.165, 1.54) is 0 Å². The van der Waals surface area contributed by atoms with Crippen molar-refractivity contribution in [1.29, 1.82) is 5.41 Å². The summed E-state index contributed by atoms with van der Waals surface area (Å²) in [6.07, 6.45) is 1.74. The number of ether oxygens (including phenoxy) is 1. The average Bonchev–Trinajstić information content (AvgIpc) is 2.28. The van der Waals surface area contributed by atoms with Crippen LogP contribution < -0.4 is 10.5 Å². The summed E-state index contributed by atoms with van der Waals surface area (Å²) in [6, 6.07) is 6.01. The van der Waals surface area contributed by atoms with E-state index in [0.717, 1.165) is 28.6 Å². The molecule has 3 nitrogen and oxygen atoms in total. The molecule has 100 valence electrons. The van der Waals surface area contributed by atoms with E-state index in [2.05, 4.69) is 15.9 Å². The van der Waals surface area contributed by atoms with Gasteiger partial charge in [0.15, 0.2) is 0 Å². The Morgan fingerprint density at radius 3 is 2.72 bits per heavy atom. The number of hydrogen-bond donors (Lipinski definition) is 2. The lowest BCUT2D eigenvalue weighted by atomic mass is 9.87. The first-order chi connectivity index (χ1) is 8.33. The van der Waals surface area contributed by atoms with Crippen molar-refractivity contribution in [2.75, 3.05) is 6.61 Å². The molecule has 0 amide bonds. The van der Waals surface area contributed by atoms with Crippen LogP contribution in [-0.2, 0) is 0 Å². The quantitative estimate of drug-likeness (QED) is 0.476. The topological polar surface area (TPSA) is 59.1 Å². The van der Waals surface area contributed by atoms with Gasteiger partial charge < -0.3 is 10.5 Å². The lowest BCUT2D eigenvalue weighted by Crippen LogP contribution is -2.31. The number of aryl methyl sites for hydroxylation is 1. The van der Waals surface area contributed by atoms with Crippen LogP contribution in [-0.4, -0.2) is 12.4 Å². The highest BCUT2D eigenvalue weighted by molar-refractivity contribution is 9.10. The van der Waals surface area contributed by atoms with Crippen LogP contribution in [0.2, 0.25) is 0 Å². The summed E-state index contributed by atoms with van der Waals surface area (Å²) >= 11 is 3.43. The van der Waals surface area contributed by atoms with E-state index in [-0.39, 0.29) is 11.3 Å². The monoisotopic (exact) mass is 312 g/mol. The Morgan fingerprint density at radius 2 is 2.11 bits per heavy atom. The highest BCUT2D eigenvalue weighted by Gasteiger charge is 2.20. The van der Waals surface area contributed by atoms with Crippen LogP contribution in [0.25, 0.3) is 0 Å². The maximum absolute atomic E-state index is 7.49. The molecule has 0 atom stereocenters. The maximum atomic E-state index is 7.49. The van der Waals surface area contributed by atoms with E-state index in [1.54, 1.807) is 0 Å². The predicted octanol–water partition coefficient (Wildman–Crippen LogP) is 3.88. The Bertz CT molecular complexity index is 430. The van der Waals surface area contributed by atoms with E-state index in [4.69, 9.17) is 15.9 Å². The number of amidine groups is 1. The summed E-state index contributed by atoms with van der Waals surface area (Å²) in [5.74, 6) is 1.14. The molecule has 0 aliphatic carbocycles. The summed E-state index contributed by atoms with van der Waals surface area (Å²) in [5.41, 5.74) is 6.43. The number of halogens is 1. The average molecular weight is 313 g/mol. The molecular formula is C14H21BrN2O.